The second-order valence-corrected chi connectivity index (χ2v) is 4.72. The summed E-state index contributed by atoms with van der Waals surface area (Å²) < 4.78 is 7.67. The summed E-state index contributed by atoms with van der Waals surface area (Å²) in [6, 6.07) is 6.08. The van der Waals surface area contributed by atoms with Crippen LogP contribution in [-0.4, -0.2) is 29.1 Å². The maximum Gasteiger partial charge on any atom is 0.137 e. The summed E-state index contributed by atoms with van der Waals surface area (Å²) in [6.45, 7) is 7.58. The fourth-order valence-electron chi connectivity index (χ4n) is 2.08. The average molecular weight is 261 g/mol. The predicted octanol–water partition coefficient (Wildman–Crippen LogP) is 2.55. The minimum absolute atomic E-state index is 0.774. The molecule has 0 unspecified atom stereocenters. The maximum atomic E-state index is 5.53. The monoisotopic (exact) mass is 261 g/mol. The van der Waals surface area contributed by atoms with Crippen LogP contribution in [0.25, 0.3) is 5.65 Å². The number of hydrogen-bond donors (Lipinski definition) is 1. The van der Waals surface area contributed by atoms with E-state index in [0.717, 1.165) is 44.1 Å². The Morgan fingerprint density at radius 2 is 2.21 bits per heavy atom. The molecule has 0 aliphatic heterocycles. The molecule has 2 heterocycles. The molecule has 2 aromatic rings. The Bertz CT molecular complexity index is 507. The number of rotatable bonds is 8. The summed E-state index contributed by atoms with van der Waals surface area (Å²) in [4.78, 5) is 4.54. The molecule has 0 radical (unpaired) electrons. The summed E-state index contributed by atoms with van der Waals surface area (Å²) >= 11 is 0. The maximum absolute atomic E-state index is 5.53. The van der Waals surface area contributed by atoms with E-state index in [2.05, 4.69) is 34.7 Å². The van der Waals surface area contributed by atoms with Crippen molar-refractivity contribution >= 4 is 5.65 Å². The second-order valence-electron chi connectivity index (χ2n) is 4.72. The third kappa shape index (κ3) is 3.78. The lowest BCUT2D eigenvalue weighted by molar-refractivity contribution is 0.133. The Labute approximate surface area is 114 Å². The lowest BCUT2D eigenvalue weighted by Crippen LogP contribution is -2.20. The predicted molar refractivity (Wildman–Crippen MR) is 77.4 cm³/mol. The van der Waals surface area contributed by atoms with Gasteiger partial charge in [0, 0.05) is 25.9 Å². The molecule has 0 atom stereocenters. The highest BCUT2D eigenvalue weighted by molar-refractivity contribution is 5.42. The molecule has 0 aromatic carbocycles. The van der Waals surface area contributed by atoms with Crippen LogP contribution in [0.15, 0.2) is 24.4 Å². The topological polar surface area (TPSA) is 38.6 Å². The van der Waals surface area contributed by atoms with E-state index in [0.29, 0.717) is 0 Å². The number of nitrogens with one attached hydrogen (secondary N) is 1. The molecule has 0 fully saturated rings. The molecule has 0 bridgehead atoms. The molecule has 2 aromatic heterocycles. The molecule has 1 N–H and O–H groups in total. The van der Waals surface area contributed by atoms with E-state index in [1.807, 2.05) is 18.2 Å². The molecule has 0 saturated heterocycles. The number of hydrogen-bond acceptors (Lipinski definition) is 3. The van der Waals surface area contributed by atoms with E-state index in [1.54, 1.807) is 0 Å². The van der Waals surface area contributed by atoms with Crippen molar-refractivity contribution < 1.29 is 4.74 Å². The van der Waals surface area contributed by atoms with Gasteiger partial charge in [-0.25, -0.2) is 4.98 Å². The number of fused-ring (bicyclic) bond motifs is 1. The first-order valence-corrected chi connectivity index (χ1v) is 7.04. The lowest BCUT2D eigenvalue weighted by Gasteiger charge is -2.06. The minimum atomic E-state index is 0.774. The van der Waals surface area contributed by atoms with Crippen molar-refractivity contribution in [3.63, 3.8) is 0 Å². The van der Waals surface area contributed by atoms with Crippen LogP contribution in [0.5, 0.6) is 0 Å². The standard InChI is InChI=1S/C15H23N3O/c1-3-4-10-19-11-8-16-12-14-13(2)17-15-7-5-6-9-18(14)15/h5-7,9,16H,3-4,8,10-12H2,1-2H3. The van der Waals surface area contributed by atoms with Crippen molar-refractivity contribution in [3.05, 3.63) is 35.8 Å². The fraction of sp³-hybridized carbons (Fsp3) is 0.533. The van der Waals surface area contributed by atoms with Gasteiger partial charge in [0.2, 0.25) is 0 Å². The van der Waals surface area contributed by atoms with E-state index >= 15 is 0 Å². The highest BCUT2D eigenvalue weighted by Crippen LogP contribution is 2.11. The number of aromatic nitrogens is 2. The first-order chi connectivity index (χ1) is 9.33. The second kappa shape index (κ2) is 7.26. The van der Waals surface area contributed by atoms with Crippen LogP contribution in [0.4, 0.5) is 0 Å². The molecular weight excluding hydrogens is 238 g/mol. The normalized spacial score (nSPS) is 11.3. The average Bonchev–Trinajstić information content (AvgIpc) is 2.74. The molecule has 0 amide bonds. The summed E-state index contributed by atoms with van der Waals surface area (Å²) in [5.41, 5.74) is 3.32. The first kappa shape index (κ1) is 14.0. The third-order valence-corrected chi connectivity index (χ3v) is 3.19. The minimum Gasteiger partial charge on any atom is -0.380 e. The molecule has 0 saturated carbocycles. The first-order valence-electron chi connectivity index (χ1n) is 7.04. The van der Waals surface area contributed by atoms with Crippen molar-refractivity contribution in [2.45, 2.75) is 33.2 Å². The number of unbranched alkanes of at least 4 members (excludes halogenated alkanes) is 1. The van der Waals surface area contributed by atoms with Crippen molar-refractivity contribution in [2.24, 2.45) is 0 Å². The van der Waals surface area contributed by atoms with Crippen LogP contribution in [0, 0.1) is 6.92 Å². The molecule has 0 spiro atoms. The van der Waals surface area contributed by atoms with Gasteiger partial charge in [-0.2, -0.15) is 0 Å². The zero-order chi connectivity index (χ0) is 13.5. The Balaban J connectivity index is 1.80. The summed E-state index contributed by atoms with van der Waals surface area (Å²) in [5, 5.41) is 3.41. The van der Waals surface area contributed by atoms with Crippen LogP contribution in [0.1, 0.15) is 31.2 Å². The van der Waals surface area contributed by atoms with Crippen LogP contribution < -0.4 is 5.32 Å². The Kier molecular flexibility index (Phi) is 5.36. The molecule has 19 heavy (non-hydrogen) atoms. The molecule has 2 rings (SSSR count). The number of imidazole rings is 1. The Hall–Kier alpha value is -1.39. The van der Waals surface area contributed by atoms with Gasteiger partial charge in [-0.15, -0.1) is 0 Å². The smallest absolute Gasteiger partial charge is 0.137 e. The summed E-state index contributed by atoms with van der Waals surface area (Å²) in [5.74, 6) is 0. The summed E-state index contributed by atoms with van der Waals surface area (Å²) in [7, 11) is 0. The molecule has 104 valence electrons. The van der Waals surface area contributed by atoms with Gasteiger partial charge >= 0.3 is 0 Å². The highest BCUT2D eigenvalue weighted by atomic mass is 16.5. The van der Waals surface area contributed by atoms with Crippen molar-refractivity contribution in [2.75, 3.05) is 19.8 Å². The van der Waals surface area contributed by atoms with Crippen molar-refractivity contribution in [3.8, 4) is 0 Å². The number of ether oxygens (including phenoxy) is 1. The van der Waals surface area contributed by atoms with Crippen LogP contribution in [0.3, 0.4) is 0 Å². The Morgan fingerprint density at radius 1 is 1.32 bits per heavy atom. The van der Waals surface area contributed by atoms with Gasteiger partial charge in [0.15, 0.2) is 0 Å². The van der Waals surface area contributed by atoms with Crippen LogP contribution >= 0.6 is 0 Å². The van der Waals surface area contributed by atoms with E-state index in [9.17, 15) is 0 Å². The molecule has 4 nitrogen and oxygen atoms in total. The number of aryl methyl sites for hydroxylation is 1. The van der Waals surface area contributed by atoms with E-state index in [4.69, 9.17) is 4.74 Å². The van der Waals surface area contributed by atoms with Gasteiger partial charge in [0.1, 0.15) is 5.65 Å². The van der Waals surface area contributed by atoms with Gasteiger partial charge in [-0.3, -0.25) is 0 Å². The van der Waals surface area contributed by atoms with Crippen molar-refractivity contribution in [1.82, 2.24) is 14.7 Å². The van der Waals surface area contributed by atoms with Gasteiger partial charge in [0.05, 0.1) is 18.0 Å². The van der Waals surface area contributed by atoms with Crippen molar-refractivity contribution in [1.29, 1.82) is 0 Å². The van der Waals surface area contributed by atoms with Gasteiger partial charge in [0.25, 0.3) is 0 Å². The van der Waals surface area contributed by atoms with Crippen LogP contribution in [-0.2, 0) is 11.3 Å². The number of pyridine rings is 1. The van der Waals surface area contributed by atoms with E-state index < -0.39 is 0 Å². The quantitative estimate of drug-likeness (QED) is 0.742. The number of nitrogens with zero attached hydrogens (tertiary/aromatic N) is 2. The zero-order valence-corrected chi connectivity index (χ0v) is 11.9. The lowest BCUT2D eigenvalue weighted by atomic mass is 10.3. The summed E-state index contributed by atoms with van der Waals surface area (Å²) in [6.07, 6.45) is 4.39. The Morgan fingerprint density at radius 3 is 3.05 bits per heavy atom. The molecule has 0 aliphatic rings. The fourth-order valence-corrected chi connectivity index (χ4v) is 2.08. The molecule has 0 aliphatic carbocycles. The highest BCUT2D eigenvalue weighted by Gasteiger charge is 2.06. The van der Waals surface area contributed by atoms with Gasteiger partial charge in [-0.1, -0.05) is 19.4 Å². The third-order valence-electron chi connectivity index (χ3n) is 3.19. The van der Waals surface area contributed by atoms with E-state index in [-0.39, 0.29) is 0 Å². The van der Waals surface area contributed by atoms with Gasteiger partial charge < -0.3 is 14.5 Å². The SMILES string of the molecule is CCCCOCCNCc1c(C)nc2ccccn12. The van der Waals surface area contributed by atoms with Gasteiger partial charge in [-0.05, 0) is 25.5 Å². The van der Waals surface area contributed by atoms with E-state index in [1.165, 1.54) is 12.1 Å². The molecule has 4 heteroatoms. The zero-order valence-electron chi connectivity index (χ0n) is 11.9. The van der Waals surface area contributed by atoms with Crippen LogP contribution in [0.2, 0.25) is 0 Å². The largest absolute Gasteiger partial charge is 0.380 e. The molecular formula is C15H23N3O.